The van der Waals surface area contributed by atoms with Crippen molar-refractivity contribution in [2.75, 3.05) is 31.1 Å². The fraction of sp³-hybridized carbons (Fsp3) is 0.280. The largest absolute Gasteiger partial charge is 0.365 e. The van der Waals surface area contributed by atoms with Crippen LogP contribution in [0, 0.1) is 6.92 Å². The highest BCUT2D eigenvalue weighted by Gasteiger charge is 2.23. The van der Waals surface area contributed by atoms with Gasteiger partial charge in [0.1, 0.15) is 0 Å². The molecule has 4 aromatic heterocycles. The van der Waals surface area contributed by atoms with Gasteiger partial charge >= 0.3 is 6.03 Å². The molecule has 0 saturated carbocycles. The Balaban J connectivity index is 1.08. The number of nitrogens with one attached hydrogen (secondary N) is 1. The summed E-state index contributed by atoms with van der Waals surface area (Å²) in [5.41, 5.74) is 6.39. The number of anilines is 1. The number of urea groups is 1. The number of nitrogens with zero attached hydrogens (tertiary/aromatic N) is 7. The van der Waals surface area contributed by atoms with Gasteiger partial charge in [-0.15, -0.1) is 11.3 Å². The molecule has 178 valence electrons. The number of amides is 2. The van der Waals surface area contributed by atoms with Gasteiger partial charge in [-0.2, -0.15) is 10.2 Å². The van der Waals surface area contributed by atoms with Crippen molar-refractivity contribution in [3.8, 4) is 11.1 Å². The summed E-state index contributed by atoms with van der Waals surface area (Å²) in [6, 6.07) is 10.4. The van der Waals surface area contributed by atoms with Crippen molar-refractivity contribution in [2.45, 2.75) is 13.5 Å². The Kier molecular flexibility index (Phi) is 5.37. The van der Waals surface area contributed by atoms with Crippen molar-refractivity contribution in [1.29, 1.82) is 0 Å². The monoisotopic (exact) mass is 486 g/mol. The van der Waals surface area contributed by atoms with Gasteiger partial charge in [-0.3, -0.25) is 4.68 Å². The molecule has 10 heteroatoms. The SMILES string of the molecule is Cc1nc2ccc(CNC(=O)N3CCN(c4cnn5cc(-c6cnn(C)c6)ccc45)CC3)cc2s1. The third-order valence-electron chi connectivity index (χ3n) is 6.45. The maximum absolute atomic E-state index is 12.8. The predicted octanol–water partition coefficient (Wildman–Crippen LogP) is 3.68. The molecule has 9 nitrogen and oxygen atoms in total. The summed E-state index contributed by atoms with van der Waals surface area (Å²) >= 11 is 1.68. The van der Waals surface area contributed by atoms with Gasteiger partial charge in [-0.1, -0.05) is 12.1 Å². The van der Waals surface area contributed by atoms with Gasteiger partial charge in [0, 0.05) is 63.3 Å². The Morgan fingerprint density at radius 2 is 1.89 bits per heavy atom. The number of aryl methyl sites for hydroxylation is 2. The Hall–Kier alpha value is -3.92. The lowest BCUT2D eigenvalue weighted by atomic mass is 10.1. The Morgan fingerprint density at radius 3 is 2.69 bits per heavy atom. The summed E-state index contributed by atoms with van der Waals surface area (Å²) < 4.78 is 4.87. The quantitative estimate of drug-likeness (QED) is 0.419. The third-order valence-corrected chi connectivity index (χ3v) is 7.38. The van der Waals surface area contributed by atoms with E-state index >= 15 is 0 Å². The number of fused-ring (bicyclic) bond motifs is 2. The lowest BCUT2D eigenvalue weighted by Gasteiger charge is -2.35. The molecule has 1 aliphatic rings. The maximum Gasteiger partial charge on any atom is 0.317 e. The van der Waals surface area contributed by atoms with E-state index in [2.05, 4.69) is 43.6 Å². The molecule has 0 atom stereocenters. The van der Waals surface area contributed by atoms with E-state index in [4.69, 9.17) is 0 Å². The molecular formula is C25H26N8OS. The highest BCUT2D eigenvalue weighted by Crippen LogP contribution is 2.26. The molecule has 6 rings (SSSR count). The van der Waals surface area contributed by atoms with Gasteiger partial charge in [-0.25, -0.2) is 14.3 Å². The first-order valence-electron chi connectivity index (χ1n) is 11.6. The van der Waals surface area contributed by atoms with E-state index in [1.807, 2.05) is 60.3 Å². The number of carbonyl (C=O) groups excluding carboxylic acids is 1. The Labute approximate surface area is 206 Å². The minimum absolute atomic E-state index is 0.0220. The number of aromatic nitrogens is 5. The van der Waals surface area contributed by atoms with E-state index in [-0.39, 0.29) is 6.03 Å². The molecule has 35 heavy (non-hydrogen) atoms. The molecule has 1 aromatic carbocycles. The van der Waals surface area contributed by atoms with Gasteiger partial charge in [-0.05, 0) is 30.7 Å². The molecular weight excluding hydrogens is 460 g/mol. The topological polar surface area (TPSA) is 83.6 Å². The van der Waals surface area contributed by atoms with Crippen LogP contribution < -0.4 is 10.2 Å². The molecule has 5 aromatic rings. The summed E-state index contributed by atoms with van der Waals surface area (Å²) in [4.78, 5) is 21.5. The fourth-order valence-electron chi connectivity index (χ4n) is 4.59. The fourth-order valence-corrected chi connectivity index (χ4v) is 5.48. The summed E-state index contributed by atoms with van der Waals surface area (Å²) in [6.45, 7) is 5.40. The second-order valence-corrected chi connectivity index (χ2v) is 10.1. The number of thiazole rings is 1. The van der Waals surface area contributed by atoms with E-state index in [1.165, 1.54) is 0 Å². The van der Waals surface area contributed by atoms with Crippen LogP contribution in [0.3, 0.4) is 0 Å². The van der Waals surface area contributed by atoms with Crippen LogP contribution in [0.25, 0.3) is 26.9 Å². The standard InChI is InChI=1S/C25H26N8OS/c1-17-29-21-5-3-18(11-24(21)35-17)12-26-25(34)32-9-7-31(8-10-32)23-14-28-33-16-19(4-6-22(23)33)20-13-27-30(2)15-20/h3-6,11,13-16H,7-10,12H2,1-2H3,(H,26,34). The summed E-state index contributed by atoms with van der Waals surface area (Å²) in [5.74, 6) is 0. The molecule has 5 heterocycles. The minimum atomic E-state index is -0.0220. The number of pyridine rings is 1. The zero-order valence-electron chi connectivity index (χ0n) is 19.7. The van der Waals surface area contributed by atoms with E-state index in [1.54, 1.807) is 16.0 Å². The normalized spacial score (nSPS) is 14.2. The minimum Gasteiger partial charge on any atom is -0.365 e. The lowest BCUT2D eigenvalue weighted by Crippen LogP contribution is -2.51. The summed E-state index contributed by atoms with van der Waals surface area (Å²) in [7, 11) is 1.91. The molecule has 1 fully saturated rings. The molecule has 1 saturated heterocycles. The van der Waals surface area contributed by atoms with Crippen molar-refractivity contribution in [1.82, 2.24) is 34.6 Å². The predicted molar refractivity (Wildman–Crippen MR) is 138 cm³/mol. The molecule has 1 aliphatic heterocycles. The molecule has 1 N–H and O–H groups in total. The number of carbonyl (C=O) groups is 1. The molecule has 0 unspecified atom stereocenters. The van der Waals surface area contributed by atoms with Crippen LogP contribution in [0.2, 0.25) is 0 Å². The van der Waals surface area contributed by atoms with E-state index in [0.29, 0.717) is 19.6 Å². The van der Waals surface area contributed by atoms with Crippen LogP contribution in [0.4, 0.5) is 10.5 Å². The zero-order valence-corrected chi connectivity index (χ0v) is 20.5. The molecule has 2 amide bonds. The van der Waals surface area contributed by atoms with Crippen LogP contribution in [0.5, 0.6) is 0 Å². The highest BCUT2D eigenvalue weighted by molar-refractivity contribution is 7.18. The van der Waals surface area contributed by atoms with E-state index in [9.17, 15) is 4.79 Å². The average molecular weight is 487 g/mol. The number of benzene rings is 1. The first kappa shape index (κ1) is 21.6. The van der Waals surface area contributed by atoms with Gasteiger partial charge < -0.3 is 15.1 Å². The van der Waals surface area contributed by atoms with Crippen LogP contribution >= 0.6 is 11.3 Å². The first-order chi connectivity index (χ1) is 17.0. The van der Waals surface area contributed by atoms with Crippen LogP contribution in [-0.2, 0) is 13.6 Å². The van der Waals surface area contributed by atoms with Gasteiger partial charge in [0.05, 0.1) is 38.8 Å². The van der Waals surface area contributed by atoms with Crippen LogP contribution in [0.15, 0.2) is 55.1 Å². The van der Waals surface area contributed by atoms with Crippen molar-refractivity contribution < 1.29 is 4.79 Å². The summed E-state index contributed by atoms with van der Waals surface area (Å²) in [6.07, 6.45) is 7.79. The van der Waals surface area contributed by atoms with Crippen molar-refractivity contribution in [3.63, 3.8) is 0 Å². The number of rotatable bonds is 4. The van der Waals surface area contributed by atoms with Gasteiger partial charge in [0.25, 0.3) is 0 Å². The average Bonchev–Trinajstić information content (AvgIpc) is 3.59. The molecule has 0 aliphatic carbocycles. The Bertz CT molecular complexity index is 1530. The molecule has 0 radical (unpaired) electrons. The molecule has 0 bridgehead atoms. The first-order valence-corrected chi connectivity index (χ1v) is 12.5. The summed E-state index contributed by atoms with van der Waals surface area (Å²) in [5, 5.41) is 13.0. The number of hydrogen-bond donors (Lipinski definition) is 1. The van der Waals surface area contributed by atoms with Crippen LogP contribution in [0.1, 0.15) is 10.6 Å². The second kappa shape index (κ2) is 8.70. The number of hydrogen-bond acceptors (Lipinski definition) is 6. The van der Waals surface area contributed by atoms with E-state index in [0.717, 1.165) is 56.2 Å². The highest BCUT2D eigenvalue weighted by atomic mass is 32.1. The Morgan fingerprint density at radius 1 is 1.03 bits per heavy atom. The van der Waals surface area contributed by atoms with Crippen molar-refractivity contribution >= 4 is 38.8 Å². The maximum atomic E-state index is 12.8. The van der Waals surface area contributed by atoms with Crippen LogP contribution in [-0.4, -0.2) is 61.5 Å². The van der Waals surface area contributed by atoms with Crippen molar-refractivity contribution in [2.24, 2.45) is 7.05 Å². The van der Waals surface area contributed by atoms with E-state index < -0.39 is 0 Å². The van der Waals surface area contributed by atoms with Crippen molar-refractivity contribution in [3.05, 3.63) is 65.7 Å². The van der Waals surface area contributed by atoms with Gasteiger partial charge in [0.2, 0.25) is 0 Å². The smallest absolute Gasteiger partial charge is 0.317 e. The lowest BCUT2D eigenvalue weighted by molar-refractivity contribution is 0.194. The van der Waals surface area contributed by atoms with Gasteiger partial charge in [0.15, 0.2) is 0 Å². The number of piperazine rings is 1. The third kappa shape index (κ3) is 4.21. The molecule has 0 spiro atoms. The zero-order chi connectivity index (χ0) is 23.9. The second-order valence-electron chi connectivity index (χ2n) is 8.85.